The number of ether oxygens (including phenoxy) is 3. The monoisotopic (exact) mass is 368 g/mol. The molecule has 1 heterocycles. The lowest BCUT2D eigenvalue weighted by molar-refractivity contribution is -0.159. The Morgan fingerprint density at radius 1 is 1.28 bits per heavy atom. The van der Waals surface area contributed by atoms with Gasteiger partial charge in [0, 0.05) is 0 Å². The fourth-order valence-corrected chi connectivity index (χ4v) is 3.39. The van der Waals surface area contributed by atoms with Crippen LogP contribution in [-0.4, -0.2) is 47.2 Å². The molecule has 4 atom stereocenters. The lowest BCUT2D eigenvalue weighted by Gasteiger charge is -2.23. The maximum atomic E-state index is 12.0. The summed E-state index contributed by atoms with van der Waals surface area (Å²) >= 11 is 1.52. The van der Waals surface area contributed by atoms with Crippen molar-refractivity contribution in [2.45, 2.75) is 58.0 Å². The normalized spacial score (nSPS) is 26.6. The predicted molar refractivity (Wildman–Crippen MR) is 98.2 cm³/mol. The van der Waals surface area contributed by atoms with E-state index in [2.05, 4.69) is 0 Å². The van der Waals surface area contributed by atoms with Crippen molar-refractivity contribution in [2.24, 2.45) is 5.41 Å². The molecule has 0 aromatic heterocycles. The molecule has 0 bridgehead atoms. The highest BCUT2D eigenvalue weighted by Crippen LogP contribution is 2.32. The molecule has 0 unspecified atom stereocenters. The largest absolute Gasteiger partial charge is 0.462 e. The number of hydrogen-bond acceptors (Lipinski definition) is 6. The summed E-state index contributed by atoms with van der Waals surface area (Å²) in [7, 11) is 0. The zero-order valence-corrected chi connectivity index (χ0v) is 16.1. The van der Waals surface area contributed by atoms with E-state index in [4.69, 9.17) is 14.2 Å². The summed E-state index contributed by atoms with van der Waals surface area (Å²) in [5, 5.41) is 10.5. The predicted octanol–water partition coefficient (Wildman–Crippen LogP) is 3.00. The number of aliphatic hydroxyl groups excluding tert-OH is 1. The van der Waals surface area contributed by atoms with Crippen molar-refractivity contribution in [1.29, 1.82) is 0 Å². The van der Waals surface area contributed by atoms with Crippen molar-refractivity contribution < 1.29 is 24.1 Å². The summed E-state index contributed by atoms with van der Waals surface area (Å²) < 4.78 is 17.2. The third kappa shape index (κ3) is 5.71. The first-order valence-electron chi connectivity index (χ1n) is 8.60. The molecule has 1 aliphatic rings. The Morgan fingerprint density at radius 3 is 2.56 bits per heavy atom. The van der Waals surface area contributed by atoms with Crippen molar-refractivity contribution in [3.05, 3.63) is 35.9 Å². The third-order valence-corrected chi connectivity index (χ3v) is 4.95. The van der Waals surface area contributed by atoms with E-state index in [0.29, 0.717) is 6.61 Å². The minimum Gasteiger partial charge on any atom is -0.462 e. The molecule has 1 fully saturated rings. The Labute approximate surface area is 154 Å². The van der Waals surface area contributed by atoms with Crippen molar-refractivity contribution in [3.63, 3.8) is 0 Å². The van der Waals surface area contributed by atoms with Crippen molar-refractivity contribution in [2.75, 3.05) is 12.4 Å². The Kier molecular flexibility index (Phi) is 7.31. The molecule has 25 heavy (non-hydrogen) atoms. The summed E-state index contributed by atoms with van der Waals surface area (Å²) in [6.07, 6.45) is -1.77. The quantitative estimate of drug-likeness (QED) is 0.747. The van der Waals surface area contributed by atoms with Gasteiger partial charge < -0.3 is 19.3 Å². The maximum Gasteiger partial charge on any atom is 0.311 e. The maximum absolute atomic E-state index is 12.0. The molecule has 1 aliphatic heterocycles. The minimum atomic E-state index is -0.757. The van der Waals surface area contributed by atoms with E-state index in [1.54, 1.807) is 20.8 Å². The number of benzene rings is 1. The van der Waals surface area contributed by atoms with Crippen LogP contribution in [-0.2, 0) is 25.6 Å². The molecule has 0 radical (unpaired) electrons. The summed E-state index contributed by atoms with van der Waals surface area (Å²) in [4.78, 5) is 12.0. The molecular formula is C19H28O5S. The van der Waals surface area contributed by atoms with Crippen LogP contribution in [0.3, 0.4) is 0 Å². The average Bonchev–Trinajstić information content (AvgIpc) is 2.86. The first-order chi connectivity index (χ1) is 11.8. The molecule has 5 nitrogen and oxygen atoms in total. The lowest BCUT2D eigenvalue weighted by atomic mass is 9.97. The molecule has 1 aromatic rings. The van der Waals surface area contributed by atoms with Gasteiger partial charge in [-0.3, -0.25) is 4.79 Å². The van der Waals surface area contributed by atoms with Gasteiger partial charge in [0.25, 0.3) is 0 Å². The minimum absolute atomic E-state index is 0.0768. The van der Waals surface area contributed by atoms with Crippen LogP contribution < -0.4 is 0 Å². The molecule has 1 aromatic carbocycles. The van der Waals surface area contributed by atoms with E-state index in [-0.39, 0.29) is 18.0 Å². The number of rotatable bonds is 7. The summed E-state index contributed by atoms with van der Waals surface area (Å²) in [5.41, 5.74) is 0.0747. The van der Waals surface area contributed by atoms with Crippen LogP contribution in [0.4, 0.5) is 0 Å². The summed E-state index contributed by atoms with van der Waals surface area (Å²) in [6, 6.07) is 9.76. The van der Waals surface area contributed by atoms with Crippen molar-refractivity contribution in [1.82, 2.24) is 0 Å². The number of esters is 1. The molecule has 6 heteroatoms. The zero-order valence-electron chi connectivity index (χ0n) is 15.3. The van der Waals surface area contributed by atoms with Gasteiger partial charge in [0.2, 0.25) is 0 Å². The van der Waals surface area contributed by atoms with Gasteiger partial charge >= 0.3 is 5.97 Å². The van der Waals surface area contributed by atoms with Crippen LogP contribution in [0.1, 0.15) is 33.3 Å². The summed E-state index contributed by atoms with van der Waals surface area (Å²) in [5.74, 6) is 0.528. The summed E-state index contributed by atoms with van der Waals surface area (Å²) in [6.45, 7) is 7.87. The van der Waals surface area contributed by atoms with E-state index in [0.717, 1.165) is 11.3 Å². The Bertz CT molecular complexity index is 542. The molecule has 0 spiro atoms. The zero-order chi connectivity index (χ0) is 18.4. The van der Waals surface area contributed by atoms with E-state index in [9.17, 15) is 9.90 Å². The molecule has 1 N–H and O–H groups in total. The van der Waals surface area contributed by atoms with Gasteiger partial charge in [-0.05, 0) is 32.1 Å². The van der Waals surface area contributed by atoms with Gasteiger partial charge in [-0.2, -0.15) is 0 Å². The highest BCUT2D eigenvalue weighted by atomic mass is 32.2. The Morgan fingerprint density at radius 2 is 1.96 bits per heavy atom. The van der Waals surface area contributed by atoms with E-state index < -0.39 is 23.7 Å². The van der Waals surface area contributed by atoms with Gasteiger partial charge in [0.05, 0.1) is 12.0 Å². The second-order valence-electron chi connectivity index (χ2n) is 7.10. The molecule has 0 aliphatic carbocycles. The first kappa shape index (κ1) is 20.2. The number of thioether (sulfide) groups is 1. The van der Waals surface area contributed by atoms with Crippen LogP contribution in [0.5, 0.6) is 0 Å². The number of hydrogen-bond donors (Lipinski definition) is 1. The van der Waals surface area contributed by atoms with E-state index >= 15 is 0 Å². The average molecular weight is 368 g/mol. The second-order valence-corrected chi connectivity index (χ2v) is 8.47. The number of carbonyl (C=O) groups is 1. The van der Waals surface area contributed by atoms with Crippen LogP contribution in [0.15, 0.2) is 30.3 Å². The molecule has 2 rings (SSSR count). The smallest absolute Gasteiger partial charge is 0.311 e. The lowest BCUT2D eigenvalue weighted by Crippen LogP contribution is -2.38. The first-order valence-corrected chi connectivity index (χ1v) is 9.65. The molecule has 0 saturated carbocycles. The van der Waals surface area contributed by atoms with Gasteiger partial charge in [-0.15, -0.1) is 11.8 Å². The number of carbonyl (C=O) groups excluding carboxylic acids is 1. The van der Waals surface area contributed by atoms with Crippen molar-refractivity contribution in [3.8, 4) is 0 Å². The van der Waals surface area contributed by atoms with Crippen LogP contribution in [0, 0.1) is 5.41 Å². The van der Waals surface area contributed by atoms with E-state index in [1.165, 1.54) is 11.8 Å². The van der Waals surface area contributed by atoms with Gasteiger partial charge in [-0.25, -0.2) is 0 Å². The topological polar surface area (TPSA) is 65.0 Å². The van der Waals surface area contributed by atoms with Crippen LogP contribution in [0.25, 0.3) is 0 Å². The Balaban J connectivity index is 1.99. The van der Waals surface area contributed by atoms with Crippen LogP contribution in [0.2, 0.25) is 0 Å². The van der Waals surface area contributed by atoms with E-state index in [1.807, 2.05) is 37.3 Å². The third-order valence-electron chi connectivity index (χ3n) is 3.90. The highest BCUT2D eigenvalue weighted by molar-refractivity contribution is 7.99. The van der Waals surface area contributed by atoms with Gasteiger partial charge in [-0.1, -0.05) is 37.3 Å². The standard InChI is InChI=1S/C19H28O5S/c1-5-25-17-15(20)16(22-11-13-9-7-6-8-10-13)14(24-17)12-23-18(21)19(2,3)4/h6-10,14-17,20H,5,11-12H2,1-4H3/t14-,15+,16-,17-/m1/s1. The van der Waals surface area contributed by atoms with Gasteiger partial charge in [0.15, 0.2) is 0 Å². The fraction of sp³-hybridized carbons (Fsp3) is 0.632. The SMILES string of the molecule is CCS[C@H]1O[C@H](COC(=O)C(C)(C)C)[C@@H](OCc2ccccc2)[C@@H]1O. The number of aliphatic hydroxyl groups is 1. The second kappa shape index (κ2) is 9.03. The highest BCUT2D eigenvalue weighted by Gasteiger charge is 2.45. The molecule has 140 valence electrons. The fourth-order valence-electron chi connectivity index (χ4n) is 2.49. The molecule has 0 amide bonds. The Hall–Kier alpha value is -1.08. The van der Waals surface area contributed by atoms with Gasteiger partial charge in [0.1, 0.15) is 30.4 Å². The molecule has 1 saturated heterocycles. The molecular weight excluding hydrogens is 340 g/mol. The van der Waals surface area contributed by atoms with Crippen LogP contribution >= 0.6 is 11.8 Å². The van der Waals surface area contributed by atoms with Crippen molar-refractivity contribution >= 4 is 17.7 Å².